The third kappa shape index (κ3) is 7.06. The monoisotopic (exact) mass is 179 g/mol. The number of carbonyl (C=O) groups excluding carboxylic acids is 1. The van der Waals surface area contributed by atoms with E-state index >= 15 is 0 Å². The summed E-state index contributed by atoms with van der Waals surface area (Å²) in [5.74, 6) is 0.0231. The largest absolute Gasteiger partial charge is 0.330 e. The zero-order chi connectivity index (χ0) is 10.3. The quantitative estimate of drug-likeness (QED) is 0.510. The predicted molar refractivity (Wildman–Crippen MR) is 56.1 cm³/mol. The lowest BCUT2D eigenvalue weighted by Crippen LogP contribution is -2.20. The van der Waals surface area contributed by atoms with Gasteiger partial charge in [-0.3, -0.25) is 4.79 Å². The highest BCUT2D eigenvalue weighted by molar-refractivity contribution is 5.77. The molecule has 0 unspecified atom stereocenters. The lowest BCUT2D eigenvalue weighted by molar-refractivity contribution is -0.120. The molecule has 0 rings (SSSR count). The Morgan fingerprint density at radius 1 is 1.46 bits per heavy atom. The van der Waals surface area contributed by atoms with Crippen molar-refractivity contribution >= 4 is 5.91 Å². The van der Waals surface area contributed by atoms with Crippen LogP contribution < -0.4 is 5.32 Å². The summed E-state index contributed by atoms with van der Waals surface area (Å²) in [6.45, 7) is 11.0. The first-order chi connectivity index (χ1) is 6.06. The Kier molecular flexibility index (Phi) is 5.60. The van der Waals surface area contributed by atoms with Gasteiger partial charge in [-0.05, 0) is 26.3 Å². The second kappa shape index (κ2) is 6.23. The number of hydrogen-bond acceptors (Lipinski definition) is 1. The van der Waals surface area contributed by atoms with E-state index in [1.165, 1.54) is 0 Å². The molecule has 0 aromatic carbocycles. The van der Waals surface area contributed by atoms with Gasteiger partial charge in [0.1, 0.15) is 0 Å². The third-order valence-electron chi connectivity index (χ3n) is 1.38. The fourth-order valence-corrected chi connectivity index (χ4v) is 0.921. The molecule has 72 valence electrons. The number of hydrogen-bond donors (Lipinski definition) is 1. The number of nitrogens with one attached hydrogen (secondary N) is 1. The Hall–Kier alpha value is -1.31. The molecule has 0 aromatic rings. The molecule has 0 aliphatic carbocycles. The van der Waals surface area contributed by atoms with E-state index in [2.05, 4.69) is 18.5 Å². The van der Waals surface area contributed by atoms with E-state index in [9.17, 15) is 4.79 Å². The van der Waals surface area contributed by atoms with E-state index in [1.54, 1.807) is 6.08 Å². The minimum atomic E-state index is 0.0231. The molecule has 0 saturated carbocycles. The summed E-state index contributed by atoms with van der Waals surface area (Å²) in [5.41, 5.74) is 1.77. The maximum absolute atomic E-state index is 11.2. The van der Waals surface area contributed by atoms with Crippen LogP contribution in [0, 0.1) is 0 Å². The minimum Gasteiger partial charge on any atom is -0.330 e. The van der Waals surface area contributed by atoms with E-state index in [0.717, 1.165) is 11.3 Å². The molecule has 0 radical (unpaired) electrons. The van der Waals surface area contributed by atoms with E-state index < -0.39 is 0 Å². The summed E-state index contributed by atoms with van der Waals surface area (Å²) < 4.78 is 0. The van der Waals surface area contributed by atoms with Gasteiger partial charge in [0.05, 0.1) is 0 Å². The van der Waals surface area contributed by atoms with E-state index in [-0.39, 0.29) is 5.91 Å². The maximum atomic E-state index is 11.2. The van der Waals surface area contributed by atoms with Gasteiger partial charge in [0.25, 0.3) is 0 Å². The average Bonchev–Trinajstić information content (AvgIpc) is 1.98. The van der Waals surface area contributed by atoms with Crippen molar-refractivity contribution in [3.63, 3.8) is 0 Å². The molecule has 0 fully saturated rings. The van der Waals surface area contributed by atoms with Crippen molar-refractivity contribution in [1.29, 1.82) is 0 Å². The van der Waals surface area contributed by atoms with Gasteiger partial charge in [0.15, 0.2) is 0 Å². The van der Waals surface area contributed by atoms with Gasteiger partial charge in [0, 0.05) is 12.1 Å². The second-order valence-corrected chi connectivity index (χ2v) is 3.05. The molecular weight excluding hydrogens is 162 g/mol. The molecule has 2 nitrogen and oxygen atoms in total. The van der Waals surface area contributed by atoms with Gasteiger partial charge in [0.2, 0.25) is 5.91 Å². The Morgan fingerprint density at radius 3 is 2.54 bits per heavy atom. The normalized spacial score (nSPS) is 10.8. The molecule has 0 aliphatic rings. The second-order valence-electron chi connectivity index (χ2n) is 3.05. The van der Waals surface area contributed by atoms with Gasteiger partial charge in [-0.1, -0.05) is 18.2 Å². The highest BCUT2D eigenvalue weighted by atomic mass is 16.1. The SMILES string of the molecule is C=CCCC(=O)N/C(C)=C/C(=C)C. The molecule has 0 heterocycles. The van der Waals surface area contributed by atoms with Gasteiger partial charge in [-0.25, -0.2) is 0 Å². The first kappa shape index (κ1) is 11.7. The Balaban J connectivity index is 3.91. The van der Waals surface area contributed by atoms with Crippen LogP contribution in [0.1, 0.15) is 26.7 Å². The lowest BCUT2D eigenvalue weighted by Gasteiger charge is -2.03. The number of rotatable bonds is 5. The highest BCUT2D eigenvalue weighted by Gasteiger charge is 1.98. The molecular formula is C11H17NO. The Bertz CT molecular complexity index is 238. The molecule has 0 spiro atoms. The lowest BCUT2D eigenvalue weighted by atomic mass is 10.2. The van der Waals surface area contributed by atoms with Gasteiger partial charge < -0.3 is 5.32 Å². The summed E-state index contributed by atoms with van der Waals surface area (Å²) >= 11 is 0. The van der Waals surface area contributed by atoms with Crippen LogP contribution in [0.2, 0.25) is 0 Å². The fraction of sp³-hybridized carbons (Fsp3) is 0.364. The van der Waals surface area contributed by atoms with Crippen molar-refractivity contribution in [3.05, 3.63) is 36.6 Å². The summed E-state index contributed by atoms with van der Waals surface area (Å²) in [5, 5.41) is 2.76. The molecule has 0 bridgehead atoms. The Labute approximate surface area is 80.0 Å². The summed E-state index contributed by atoms with van der Waals surface area (Å²) in [6.07, 6.45) is 4.78. The van der Waals surface area contributed by atoms with Crippen molar-refractivity contribution < 1.29 is 4.79 Å². The van der Waals surface area contributed by atoms with Crippen LogP contribution in [0.25, 0.3) is 0 Å². The van der Waals surface area contributed by atoms with Crippen LogP contribution in [0.15, 0.2) is 36.6 Å². The van der Waals surface area contributed by atoms with Crippen molar-refractivity contribution in [2.75, 3.05) is 0 Å². The zero-order valence-corrected chi connectivity index (χ0v) is 8.39. The number of allylic oxidation sites excluding steroid dienone is 4. The van der Waals surface area contributed by atoms with E-state index in [4.69, 9.17) is 0 Å². The summed E-state index contributed by atoms with van der Waals surface area (Å²) in [6, 6.07) is 0. The standard InChI is InChI=1S/C11H17NO/c1-5-6-7-11(13)12-10(4)8-9(2)3/h5,8H,1-2,6-7H2,3-4H3,(H,12,13)/b10-8+. The van der Waals surface area contributed by atoms with E-state index in [1.807, 2.05) is 19.9 Å². The number of carbonyl (C=O) groups is 1. The average molecular weight is 179 g/mol. The smallest absolute Gasteiger partial charge is 0.224 e. The van der Waals surface area contributed by atoms with Crippen LogP contribution in [0.4, 0.5) is 0 Å². The highest BCUT2D eigenvalue weighted by Crippen LogP contribution is 1.97. The van der Waals surface area contributed by atoms with Gasteiger partial charge >= 0.3 is 0 Å². The summed E-state index contributed by atoms with van der Waals surface area (Å²) in [4.78, 5) is 11.2. The molecule has 13 heavy (non-hydrogen) atoms. The van der Waals surface area contributed by atoms with Gasteiger partial charge in [-0.15, -0.1) is 6.58 Å². The zero-order valence-electron chi connectivity index (χ0n) is 8.39. The minimum absolute atomic E-state index is 0.0231. The molecule has 0 atom stereocenters. The van der Waals surface area contributed by atoms with Crippen molar-refractivity contribution in [3.8, 4) is 0 Å². The topological polar surface area (TPSA) is 29.1 Å². The van der Waals surface area contributed by atoms with Crippen molar-refractivity contribution in [2.45, 2.75) is 26.7 Å². The molecule has 1 N–H and O–H groups in total. The van der Waals surface area contributed by atoms with Crippen LogP contribution in [0.3, 0.4) is 0 Å². The van der Waals surface area contributed by atoms with Crippen LogP contribution in [-0.2, 0) is 4.79 Å². The van der Waals surface area contributed by atoms with Crippen LogP contribution in [-0.4, -0.2) is 5.91 Å². The van der Waals surface area contributed by atoms with Crippen molar-refractivity contribution in [1.82, 2.24) is 5.32 Å². The van der Waals surface area contributed by atoms with Crippen LogP contribution >= 0.6 is 0 Å². The molecule has 0 aliphatic heterocycles. The van der Waals surface area contributed by atoms with Gasteiger partial charge in [-0.2, -0.15) is 0 Å². The molecule has 0 saturated heterocycles. The molecule has 2 heteroatoms. The summed E-state index contributed by atoms with van der Waals surface area (Å²) in [7, 11) is 0. The number of amides is 1. The van der Waals surface area contributed by atoms with E-state index in [0.29, 0.717) is 12.8 Å². The first-order valence-corrected chi connectivity index (χ1v) is 4.31. The third-order valence-corrected chi connectivity index (χ3v) is 1.38. The predicted octanol–water partition coefficient (Wildman–Crippen LogP) is 2.55. The van der Waals surface area contributed by atoms with Crippen LogP contribution in [0.5, 0.6) is 0 Å². The maximum Gasteiger partial charge on any atom is 0.224 e. The Morgan fingerprint density at radius 2 is 2.08 bits per heavy atom. The molecule has 0 aromatic heterocycles. The molecule has 1 amide bonds. The fourth-order valence-electron chi connectivity index (χ4n) is 0.921. The first-order valence-electron chi connectivity index (χ1n) is 4.31. The van der Waals surface area contributed by atoms with Crippen molar-refractivity contribution in [2.24, 2.45) is 0 Å².